The predicted molar refractivity (Wildman–Crippen MR) is 67.5 cm³/mol. The van der Waals surface area contributed by atoms with Crippen molar-refractivity contribution in [3.8, 4) is 0 Å². The second-order valence-electron chi connectivity index (χ2n) is 3.90. The average Bonchev–Trinajstić information content (AvgIpc) is 2.20. The number of rotatable bonds is 1. The molecule has 0 unspecified atom stereocenters. The molecular formula is C12H29NO3. The van der Waals surface area contributed by atoms with Crippen LogP contribution in [0, 0.1) is 0 Å². The quantitative estimate of drug-likeness (QED) is 0.751. The summed E-state index contributed by atoms with van der Waals surface area (Å²) < 4.78 is 9.45. The molecule has 0 aliphatic carbocycles. The number of ether oxygens (including phenoxy) is 2. The van der Waals surface area contributed by atoms with Crippen molar-refractivity contribution in [3.05, 3.63) is 0 Å². The van der Waals surface area contributed by atoms with Crippen LogP contribution < -0.4 is 0 Å². The first-order valence-electron chi connectivity index (χ1n) is 5.91. The molecule has 16 heavy (non-hydrogen) atoms. The van der Waals surface area contributed by atoms with Crippen molar-refractivity contribution in [3.63, 3.8) is 0 Å². The van der Waals surface area contributed by atoms with Gasteiger partial charge in [0.05, 0.1) is 6.10 Å². The average molecular weight is 235 g/mol. The lowest BCUT2D eigenvalue weighted by molar-refractivity contribution is -0.172. The van der Waals surface area contributed by atoms with Gasteiger partial charge in [-0.3, -0.25) is 0 Å². The maximum absolute atomic E-state index is 9.25. The molecule has 1 aliphatic rings. The lowest BCUT2D eigenvalue weighted by atomic mass is 10.0. The highest BCUT2D eigenvalue weighted by Gasteiger charge is 2.26. The third-order valence-electron chi connectivity index (χ3n) is 2.20. The summed E-state index contributed by atoms with van der Waals surface area (Å²) in [6, 6.07) is 0.466. The minimum Gasteiger partial charge on any atom is -0.388 e. The van der Waals surface area contributed by atoms with E-state index in [-0.39, 0.29) is 6.10 Å². The Labute approximate surface area is 101 Å². The molecule has 4 nitrogen and oxygen atoms in total. The molecule has 4 heteroatoms. The normalized spacial score (nSPS) is 28.7. The Morgan fingerprint density at radius 3 is 1.94 bits per heavy atom. The molecule has 0 spiro atoms. The summed E-state index contributed by atoms with van der Waals surface area (Å²) in [5, 5.41) is 9.25. The maximum Gasteiger partial charge on any atom is 0.156 e. The van der Waals surface area contributed by atoms with Crippen LogP contribution in [0.25, 0.3) is 0 Å². The predicted octanol–water partition coefficient (Wildman–Crippen LogP) is 1.72. The van der Waals surface area contributed by atoms with E-state index in [0.717, 1.165) is 12.8 Å². The number of aliphatic hydroxyl groups excluding tert-OH is 1. The Bertz CT molecular complexity index is 132. The maximum atomic E-state index is 9.25. The molecule has 100 valence electrons. The number of methoxy groups -OCH3 is 1. The van der Waals surface area contributed by atoms with Crippen LogP contribution in [0.4, 0.5) is 0 Å². The van der Waals surface area contributed by atoms with Gasteiger partial charge >= 0.3 is 0 Å². The number of hydrogen-bond acceptors (Lipinski definition) is 4. The van der Waals surface area contributed by atoms with E-state index in [9.17, 15) is 5.11 Å². The molecule has 0 aromatic heterocycles. The molecule has 0 amide bonds. The minimum atomic E-state index is -0.564. The lowest BCUT2D eigenvalue weighted by Gasteiger charge is -2.34. The first kappa shape index (κ1) is 18.2. The van der Waals surface area contributed by atoms with Crippen LogP contribution in [0.3, 0.4) is 0 Å². The SMILES string of the molecule is CC.COC.C[C@@H]1C[C@H](N(C)C)C[C@H](O)O1. The summed E-state index contributed by atoms with van der Waals surface area (Å²) >= 11 is 0. The van der Waals surface area contributed by atoms with Gasteiger partial charge in [-0.2, -0.15) is 0 Å². The molecule has 0 radical (unpaired) electrons. The zero-order chi connectivity index (χ0) is 13.1. The van der Waals surface area contributed by atoms with Gasteiger partial charge in [0.15, 0.2) is 6.29 Å². The van der Waals surface area contributed by atoms with Crippen molar-refractivity contribution in [1.82, 2.24) is 4.90 Å². The van der Waals surface area contributed by atoms with E-state index in [4.69, 9.17) is 4.74 Å². The highest BCUT2D eigenvalue weighted by molar-refractivity contribution is 4.75. The first-order chi connectivity index (χ1) is 7.51. The van der Waals surface area contributed by atoms with Crippen molar-refractivity contribution in [2.75, 3.05) is 28.3 Å². The summed E-state index contributed by atoms with van der Waals surface area (Å²) in [5.74, 6) is 0. The number of hydrogen-bond donors (Lipinski definition) is 1. The van der Waals surface area contributed by atoms with Crippen LogP contribution >= 0.6 is 0 Å². The summed E-state index contributed by atoms with van der Waals surface area (Å²) in [6.07, 6.45) is 1.37. The minimum absolute atomic E-state index is 0.186. The van der Waals surface area contributed by atoms with Gasteiger partial charge in [-0.15, -0.1) is 0 Å². The fraction of sp³-hybridized carbons (Fsp3) is 1.00. The molecule has 0 bridgehead atoms. The highest BCUT2D eigenvalue weighted by atomic mass is 16.6. The van der Waals surface area contributed by atoms with Crippen LogP contribution in [0.15, 0.2) is 0 Å². The van der Waals surface area contributed by atoms with Crippen LogP contribution in [0.5, 0.6) is 0 Å². The van der Waals surface area contributed by atoms with Crippen molar-refractivity contribution in [2.24, 2.45) is 0 Å². The standard InChI is InChI=1S/C8H17NO2.C2H6O.C2H6/c1-6-4-7(9(2)3)5-8(10)11-6;1-3-2;1-2/h6-8,10H,4-5H2,1-3H3;1-2H3;1-2H3/t6-,7+,8-;;/m1../s1. The molecule has 0 saturated carbocycles. The Kier molecular flexibility index (Phi) is 12.9. The topological polar surface area (TPSA) is 41.9 Å². The molecule has 1 rings (SSSR count). The molecular weight excluding hydrogens is 206 g/mol. The summed E-state index contributed by atoms with van der Waals surface area (Å²) in [4.78, 5) is 2.14. The fourth-order valence-electron chi connectivity index (χ4n) is 1.51. The Morgan fingerprint density at radius 1 is 1.19 bits per heavy atom. The largest absolute Gasteiger partial charge is 0.388 e. The number of aliphatic hydroxyl groups is 1. The molecule has 1 fully saturated rings. The monoisotopic (exact) mass is 235 g/mol. The molecule has 1 aliphatic heterocycles. The summed E-state index contributed by atoms with van der Waals surface area (Å²) in [7, 11) is 7.32. The van der Waals surface area contributed by atoms with Gasteiger partial charge in [-0.25, -0.2) is 0 Å². The van der Waals surface area contributed by atoms with Crippen molar-refractivity contribution < 1.29 is 14.6 Å². The van der Waals surface area contributed by atoms with E-state index in [1.54, 1.807) is 14.2 Å². The van der Waals surface area contributed by atoms with Crippen molar-refractivity contribution in [2.45, 2.75) is 52.0 Å². The van der Waals surface area contributed by atoms with Gasteiger partial charge in [-0.05, 0) is 27.4 Å². The molecule has 1 heterocycles. The third-order valence-corrected chi connectivity index (χ3v) is 2.20. The van der Waals surface area contributed by atoms with Gasteiger partial charge in [0.25, 0.3) is 0 Å². The van der Waals surface area contributed by atoms with E-state index < -0.39 is 6.29 Å². The first-order valence-corrected chi connectivity index (χ1v) is 5.91. The van der Waals surface area contributed by atoms with E-state index in [1.165, 1.54) is 0 Å². The van der Waals surface area contributed by atoms with Crippen LogP contribution in [0.1, 0.15) is 33.6 Å². The van der Waals surface area contributed by atoms with Gasteiger partial charge < -0.3 is 19.5 Å². The summed E-state index contributed by atoms with van der Waals surface area (Å²) in [6.45, 7) is 6.00. The fourth-order valence-corrected chi connectivity index (χ4v) is 1.51. The molecule has 0 aromatic carbocycles. The lowest BCUT2D eigenvalue weighted by Crippen LogP contribution is -2.41. The zero-order valence-corrected chi connectivity index (χ0v) is 11.9. The van der Waals surface area contributed by atoms with Crippen LogP contribution in [0.2, 0.25) is 0 Å². The Morgan fingerprint density at radius 2 is 1.62 bits per heavy atom. The van der Waals surface area contributed by atoms with Crippen molar-refractivity contribution in [1.29, 1.82) is 0 Å². The van der Waals surface area contributed by atoms with Gasteiger partial charge in [-0.1, -0.05) is 13.8 Å². The highest BCUT2D eigenvalue weighted by Crippen LogP contribution is 2.20. The summed E-state index contributed by atoms with van der Waals surface area (Å²) in [5.41, 5.74) is 0. The molecule has 0 aromatic rings. The van der Waals surface area contributed by atoms with Gasteiger partial charge in [0.2, 0.25) is 0 Å². The number of nitrogens with zero attached hydrogens (tertiary/aromatic N) is 1. The van der Waals surface area contributed by atoms with E-state index >= 15 is 0 Å². The van der Waals surface area contributed by atoms with Crippen LogP contribution in [-0.2, 0) is 9.47 Å². The Balaban J connectivity index is 0. The second-order valence-corrected chi connectivity index (χ2v) is 3.90. The molecule has 1 saturated heterocycles. The Hall–Kier alpha value is -0.160. The van der Waals surface area contributed by atoms with Crippen LogP contribution in [-0.4, -0.2) is 56.8 Å². The van der Waals surface area contributed by atoms with E-state index in [1.807, 2.05) is 34.9 Å². The van der Waals surface area contributed by atoms with Gasteiger partial charge in [0.1, 0.15) is 0 Å². The van der Waals surface area contributed by atoms with Gasteiger partial charge in [0, 0.05) is 26.7 Å². The molecule has 1 N–H and O–H groups in total. The van der Waals surface area contributed by atoms with E-state index in [2.05, 4.69) is 9.64 Å². The zero-order valence-electron chi connectivity index (χ0n) is 11.9. The third kappa shape index (κ3) is 9.09. The second kappa shape index (κ2) is 11.3. The van der Waals surface area contributed by atoms with Crippen molar-refractivity contribution >= 4 is 0 Å². The smallest absolute Gasteiger partial charge is 0.156 e. The molecule has 3 atom stereocenters. The van der Waals surface area contributed by atoms with E-state index in [0.29, 0.717) is 6.04 Å².